The second-order valence-corrected chi connectivity index (χ2v) is 10.7. The molecule has 262 valence electrons. The van der Waals surface area contributed by atoms with Crippen molar-refractivity contribution in [2.45, 2.75) is 12.2 Å². The summed E-state index contributed by atoms with van der Waals surface area (Å²) in [5, 5.41) is 0.469. The highest BCUT2D eigenvalue weighted by Crippen LogP contribution is 2.38. The van der Waals surface area contributed by atoms with Crippen molar-refractivity contribution in [3.63, 3.8) is 0 Å². The van der Waals surface area contributed by atoms with Crippen molar-refractivity contribution >= 4 is 17.8 Å². The van der Waals surface area contributed by atoms with Crippen LogP contribution < -0.4 is 9.47 Å². The van der Waals surface area contributed by atoms with Gasteiger partial charge in [-0.25, -0.2) is 14.0 Å². The summed E-state index contributed by atoms with van der Waals surface area (Å²) in [6.45, 7) is 0.221. The summed E-state index contributed by atoms with van der Waals surface area (Å²) in [7, 11) is 3.01. The highest BCUT2D eigenvalue weighted by atomic mass is 19.1. The highest BCUT2D eigenvalue weighted by Gasteiger charge is 2.41. The summed E-state index contributed by atoms with van der Waals surface area (Å²) in [4.78, 5) is 46.8. The second kappa shape index (κ2) is 18.0. The van der Waals surface area contributed by atoms with Crippen LogP contribution >= 0.6 is 0 Å². The fraction of sp³-hybridized carbons (Fsp3) is 0.270. The van der Waals surface area contributed by atoms with Gasteiger partial charge in [0.1, 0.15) is 0 Å². The Balaban J connectivity index is 1.52. The van der Waals surface area contributed by atoms with Crippen LogP contribution in [0.15, 0.2) is 97.1 Å². The molecule has 13 heteroatoms. The van der Waals surface area contributed by atoms with Gasteiger partial charge in [-0.05, 0) is 35.4 Å². The van der Waals surface area contributed by atoms with Gasteiger partial charge in [-0.2, -0.15) is 0 Å². The number of hydrogen-bond acceptors (Lipinski definition) is 11. The minimum Gasteiger partial charge on any atom is -0.464 e. The van der Waals surface area contributed by atoms with Gasteiger partial charge < -0.3 is 33.2 Å². The number of nitrogens with zero attached hydrogens (tertiary/aromatic N) is 1. The quantitative estimate of drug-likeness (QED) is 0.0542. The van der Waals surface area contributed by atoms with Gasteiger partial charge in [-0.15, -0.1) is 5.06 Å². The average molecular weight is 690 g/mol. The van der Waals surface area contributed by atoms with E-state index in [1.807, 2.05) is 12.1 Å². The van der Waals surface area contributed by atoms with Gasteiger partial charge in [0.05, 0.1) is 37.6 Å². The first kappa shape index (κ1) is 36.1. The molecule has 4 aromatic carbocycles. The predicted molar refractivity (Wildman–Crippen MR) is 175 cm³/mol. The summed E-state index contributed by atoms with van der Waals surface area (Å²) >= 11 is 0. The first-order chi connectivity index (χ1) is 24.4. The molecule has 1 atom stereocenters. The number of benzene rings is 4. The monoisotopic (exact) mass is 689 g/mol. The van der Waals surface area contributed by atoms with E-state index in [0.717, 1.165) is 6.07 Å². The van der Waals surface area contributed by atoms with E-state index in [0.29, 0.717) is 16.2 Å². The van der Waals surface area contributed by atoms with Crippen molar-refractivity contribution in [1.82, 2.24) is 5.06 Å². The zero-order valence-corrected chi connectivity index (χ0v) is 27.5. The molecule has 0 saturated heterocycles. The van der Waals surface area contributed by atoms with E-state index in [1.165, 1.54) is 32.4 Å². The lowest BCUT2D eigenvalue weighted by Crippen LogP contribution is -2.35. The molecular formula is C37H36FNO11. The summed E-state index contributed by atoms with van der Waals surface area (Å²) in [6, 6.07) is 26.3. The van der Waals surface area contributed by atoms with E-state index in [-0.39, 0.29) is 68.2 Å². The summed E-state index contributed by atoms with van der Waals surface area (Å²) in [5.41, 5.74) is 1.27. The molecule has 0 spiro atoms. The summed E-state index contributed by atoms with van der Waals surface area (Å²) < 4.78 is 53.9. The molecular weight excluding hydrogens is 653 g/mol. The lowest BCUT2D eigenvalue weighted by atomic mass is 10.0. The Kier molecular flexibility index (Phi) is 13.0. The molecule has 2 amide bonds. The number of methoxy groups -OCH3 is 2. The van der Waals surface area contributed by atoms with E-state index in [2.05, 4.69) is 0 Å². The van der Waals surface area contributed by atoms with Gasteiger partial charge in [0.2, 0.25) is 6.10 Å². The van der Waals surface area contributed by atoms with Crippen molar-refractivity contribution in [3.8, 4) is 11.5 Å². The lowest BCUT2D eigenvalue weighted by molar-refractivity contribution is -0.185. The van der Waals surface area contributed by atoms with Crippen molar-refractivity contribution in [3.05, 3.63) is 131 Å². The molecule has 4 aromatic rings. The molecule has 1 unspecified atom stereocenters. The molecule has 0 N–H and O–H groups in total. The van der Waals surface area contributed by atoms with Gasteiger partial charge in [0.15, 0.2) is 37.0 Å². The maximum absolute atomic E-state index is 15.9. The maximum Gasteiger partial charge on any atom is 0.343 e. The van der Waals surface area contributed by atoms with Crippen LogP contribution in [0.5, 0.6) is 11.5 Å². The molecule has 0 bridgehead atoms. The fourth-order valence-electron chi connectivity index (χ4n) is 4.97. The summed E-state index contributed by atoms with van der Waals surface area (Å²) in [6.07, 6.45) is -2.77. The molecule has 1 aliphatic rings. The molecule has 12 nitrogen and oxygen atoms in total. The third-order valence-electron chi connectivity index (χ3n) is 7.40. The second-order valence-electron chi connectivity index (χ2n) is 10.7. The normalized spacial score (nSPS) is 13.0. The number of amides is 2. The SMILES string of the molecule is COCCOCOc1cc(C(ON2C(=O)c3ccccc3C2=O)C(=O)OC(c2ccccc2)c2ccccc2)cc(F)c1OCOCCOC. The van der Waals surface area contributed by atoms with Gasteiger partial charge in [-0.1, -0.05) is 72.8 Å². The number of carbonyl (C=O) groups excluding carboxylic acids is 3. The highest BCUT2D eigenvalue weighted by molar-refractivity contribution is 6.20. The number of ether oxygens (including phenoxy) is 7. The predicted octanol–water partition coefficient (Wildman–Crippen LogP) is 5.43. The largest absolute Gasteiger partial charge is 0.464 e. The number of rotatable bonds is 19. The van der Waals surface area contributed by atoms with Crippen molar-refractivity contribution < 1.29 is 56.8 Å². The number of carbonyl (C=O) groups is 3. The first-order valence-electron chi connectivity index (χ1n) is 15.6. The summed E-state index contributed by atoms with van der Waals surface area (Å²) in [5.74, 6) is -4.13. The number of halogens is 1. The van der Waals surface area contributed by atoms with E-state index in [4.69, 9.17) is 38.0 Å². The molecule has 50 heavy (non-hydrogen) atoms. The van der Waals surface area contributed by atoms with Crippen molar-refractivity contribution in [2.75, 3.05) is 54.2 Å². The number of imide groups is 1. The van der Waals surface area contributed by atoms with Crippen molar-refractivity contribution in [1.29, 1.82) is 0 Å². The minimum absolute atomic E-state index is 0.0803. The van der Waals surface area contributed by atoms with Gasteiger partial charge >= 0.3 is 5.97 Å². The Morgan fingerprint density at radius 2 is 1.20 bits per heavy atom. The van der Waals surface area contributed by atoms with Crippen LogP contribution in [0.25, 0.3) is 0 Å². The van der Waals surface area contributed by atoms with Crippen LogP contribution in [0.1, 0.15) is 49.6 Å². The number of hydrogen-bond donors (Lipinski definition) is 0. The first-order valence-corrected chi connectivity index (χ1v) is 15.6. The van der Waals surface area contributed by atoms with Crippen LogP contribution in [-0.2, 0) is 33.3 Å². The molecule has 0 fully saturated rings. The smallest absolute Gasteiger partial charge is 0.343 e. The number of esters is 1. The maximum atomic E-state index is 15.9. The fourth-order valence-corrected chi connectivity index (χ4v) is 4.97. The topological polar surface area (TPSA) is 128 Å². The van der Waals surface area contributed by atoms with E-state index < -0.39 is 35.8 Å². The third kappa shape index (κ3) is 8.88. The van der Waals surface area contributed by atoms with E-state index in [1.54, 1.807) is 60.7 Å². The Hall–Kier alpha value is -5.18. The lowest BCUT2D eigenvalue weighted by Gasteiger charge is -2.26. The van der Waals surface area contributed by atoms with Crippen molar-refractivity contribution in [2.24, 2.45) is 0 Å². The number of fused-ring (bicyclic) bond motifs is 1. The molecule has 0 aromatic heterocycles. The zero-order valence-electron chi connectivity index (χ0n) is 27.5. The van der Waals surface area contributed by atoms with Gasteiger partial charge in [-0.3, -0.25) is 9.59 Å². The van der Waals surface area contributed by atoms with Gasteiger partial charge in [0.25, 0.3) is 11.8 Å². The Morgan fingerprint density at radius 3 is 1.74 bits per heavy atom. The van der Waals surface area contributed by atoms with E-state index >= 15 is 4.39 Å². The van der Waals surface area contributed by atoms with Gasteiger partial charge in [0, 0.05) is 19.8 Å². The van der Waals surface area contributed by atoms with E-state index in [9.17, 15) is 14.4 Å². The van der Waals surface area contributed by atoms with Crippen LogP contribution in [0.4, 0.5) is 4.39 Å². The number of hydroxylamine groups is 2. The molecule has 5 rings (SSSR count). The molecule has 0 saturated carbocycles. The minimum atomic E-state index is -1.84. The Labute approximate surface area is 288 Å². The standard InChI is InChI=1S/C37H36FNO11/c1-43-17-19-45-23-47-31-22-27(21-30(38)34(31)48-24-46-20-18-44-2)33(50-39-35(40)28-15-9-10-16-29(28)36(39)41)37(42)49-32(25-11-5-3-6-12-25)26-13-7-4-8-14-26/h3-16,21-22,32-33H,17-20,23-24H2,1-2H3. The van der Waals surface area contributed by atoms with Crippen LogP contribution in [0.3, 0.4) is 0 Å². The average Bonchev–Trinajstić information content (AvgIpc) is 3.38. The molecule has 0 aliphatic carbocycles. The molecule has 1 heterocycles. The zero-order chi connectivity index (χ0) is 35.3. The van der Waals surface area contributed by atoms with Crippen LogP contribution in [-0.4, -0.2) is 77.1 Å². The Morgan fingerprint density at radius 1 is 0.680 bits per heavy atom. The van der Waals surface area contributed by atoms with Crippen LogP contribution in [0.2, 0.25) is 0 Å². The Bertz CT molecular complexity index is 1660. The molecule has 0 radical (unpaired) electrons. The van der Waals surface area contributed by atoms with Crippen LogP contribution in [0, 0.1) is 5.82 Å². The third-order valence-corrected chi connectivity index (χ3v) is 7.40. The molecule has 1 aliphatic heterocycles.